The Hall–Kier alpha value is -1.95. The summed E-state index contributed by atoms with van der Waals surface area (Å²) in [7, 11) is 0. The minimum absolute atomic E-state index is 0.662. The van der Waals surface area contributed by atoms with E-state index in [0.29, 0.717) is 5.56 Å². The predicted molar refractivity (Wildman–Crippen MR) is 66.8 cm³/mol. The average molecular weight is 215 g/mol. The van der Waals surface area contributed by atoms with E-state index in [1.54, 1.807) is 12.1 Å². The number of rotatable bonds is 6. The van der Waals surface area contributed by atoms with E-state index in [1.807, 2.05) is 12.1 Å². The first kappa shape index (κ1) is 12.1. The second kappa shape index (κ2) is 6.52. The molecule has 1 aromatic rings. The number of anilines is 1. The van der Waals surface area contributed by atoms with Crippen molar-refractivity contribution in [3.63, 3.8) is 0 Å². The van der Waals surface area contributed by atoms with E-state index in [0.717, 1.165) is 30.9 Å². The lowest BCUT2D eigenvalue weighted by atomic mass is 10.2. The second-order valence-electron chi connectivity index (χ2n) is 3.57. The van der Waals surface area contributed by atoms with Crippen molar-refractivity contribution in [3.05, 3.63) is 42.2 Å². The lowest BCUT2D eigenvalue weighted by Gasteiger charge is -2.11. The van der Waals surface area contributed by atoms with Crippen LogP contribution in [0.1, 0.15) is 25.3 Å². The molecule has 0 aromatic heterocycles. The number of unbranched alkanes of at least 4 members (excludes halogenated alkanes) is 1. The third-order valence-electron chi connectivity index (χ3n) is 2.18. The van der Waals surface area contributed by atoms with Gasteiger partial charge < -0.3 is 10.6 Å². The molecule has 0 spiro atoms. The van der Waals surface area contributed by atoms with Crippen LogP contribution >= 0.6 is 0 Å². The summed E-state index contributed by atoms with van der Waals surface area (Å²) in [5, 5.41) is 15.0. The number of hydrogen-bond donors (Lipinski definition) is 2. The summed E-state index contributed by atoms with van der Waals surface area (Å²) in [5.74, 6) is 0.790. The van der Waals surface area contributed by atoms with Crippen molar-refractivity contribution >= 4 is 5.69 Å². The zero-order valence-electron chi connectivity index (χ0n) is 9.59. The summed E-state index contributed by atoms with van der Waals surface area (Å²) >= 11 is 0. The van der Waals surface area contributed by atoms with Crippen LogP contribution in [0, 0.1) is 11.3 Å². The Morgan fingerprint density at radius 3 is 2.62 bits per heavy atom. The van der Waals surface area contributed by atoms with Crippen LogP contribution < -0.4 is 10.6 Å². The van der Waals surface area contributed by atoms with Gasteiger partial charge in [0.25, 0.3) is 0 Å². The fourth-order valence-corrected chi connectivity index (χ4v) is 1.26. The van der Waals surface area contributed by atoms with Crippen LogP contribution in [0.2, 0.25) is 0 Å². The summed E-state index contributed by atoms with van der Waals surface area (Å²) in [5.41, 5.74) is 1.60. The molecule has 0 heterocycles. The number of nitriles is 1. The van der Waals surface area contributed by atoms with Crippen molar-refractivity contribution < 1.29 is 0 Å². The van der Waals surface area contributed by atoms with Crippen molar-refractivity contribution in [3.8, 4) is 6.07 Å². The minimum atomic E-state index is 0.662. The minimum Gasteiger partial charge on any atom is -0.372 e. The number of nitrogens with zero attached hydrogens (tertiary/aromatic N) is 1. The predicted octanol–water partition coefficient (Wildman–Crippen LogP) is 2.83. The van der Waals surface area contributed by atoms with Crippen LogP contribution in [0.3, 0.4) is 0 Å². The zero-order chi connectivity index (χ0) is 11.8. The van der Waals surface area contributed by atoms with E-state index >= 15 is 0 Å². The van der Waals surface area contributed by atoms with Crippen LogP contribution in [0.4, 0.5) is 5.69 Å². The maximum Gasteiger partial charge on any atom is 0.0991 e. The highest BCUT2D eigenvalue weighted by atomic mass is 15.1. The highest BCUT2D eigenvalue weighted by Crippen LogP contribution is 2.09. The summed E-state index contributed by atoms with van der Waals surface area (Å²) in [6.45, 7) is 6.96. The molecule has 1 aromatic carbocycles. The van der Waals surface area contributed by atoms with Crippen molar-refractivity contribution in [2.75, 3.05) is 11.9 Å². The van der Waals surface area contributed by atoms with Crippen LogP contribution in [0.15, 0.2) is 36.7 Å². The van der Waals surface area contributed by atoms with Gasteiger partial charge in [-0.2, -0.15) is 5.26 Å². The third-order valence-corrected chi connectivity index (χ3v) is 2.18. The molecule has 0 amide bonds. The summed E-state index contributed by atoms with van der Waals surface area (Å²) in [6.07, 6.45) is 2.30. The average Bonchev–Trinajstić information content (AvgIpc) is 2.30. The molecule has 0 saturated carbocycles. The fraction of sp³-hybridized carbons (Fsp3) is 0.308. The van der Waals surface area contributed by atoms with Gasteiger partial charge in [-0.15, -0.1) is 0 Å². The molecular formula is C13H17N3. The maximum atomic E-state index is 8.65. The quantitative estimate of drug-likeness (QED) is 0.717. The highest BCUT2D eigenvalue weighted by molar-refractivity contribution is 5.50. The maximum absolute atomic E-state index is 8.65. The first-order valence-electron chi connectivity index (χ1n) is 5.46. The van der Waals surface area contributed by atoms with Crippen molar-refractivity contribution in [1.29, 1.82) is 5.26 Å². The van der Waals surface area contributed by atoms with E-state index in [1.165, 1.54) is 0 Å². The Morgan fingerprint density at radius 1 is 1.38 bits per heavy atom. The standard InChI is InChI=1S/C13H17N3/c1-3-4-9-15-11(2)16-13-7-5-12(10-14)6-8-13/h5-8,15-16H,2-4,9H2,1H3. The number of nitrogens with one attached hydrogen (secondary N) is 2. The van der Waals surface area contributed by atoms with Gasteiger partial charge >= 0.3 is 0 Å². The van der Waals surface area contributed by atoms with Crippen molar-refractivity contribution in [2.45, 2.75) is 19.8 Å². The lowest BCUT2D eigenvalue weighted by Crippen LogP contribution is -2.19. The monoisotopic (exact) mass is 215 g/mol. The lowest BCUT2D eigenvalue weighted by molar-refractivity contribution is 0.714. The first-order chi connectivity index (χ1) is 7.76. The van der Waals surface area contributed by atoms with E-state index < -0.39 is 0 Å². The number of benzene rings is 1. The molecule has 0 unspecified atom stereocenters. The zero-order valence-corrected chi connectivity index (χ0v) is 9.59. The van der Waals surface area contributed by atoms with Crippen LogP contribution in [-0.4, -0.2) is 6.54 Å². The van der Waals surface area contributed by atoms with Crippen LogP contribution in [0.25, 0.3) is 0 Å². The third kappa shape index (κ3) is 4.05. The summed E-state index contributed by atoms with van der Waals surface area (Å²) < 4.78 is 0. The first-order valence-corrected chi connectivity index (χ1v) is 5.46. The molecule has 0 atom stereocenters. The molecule has 0 fully saturated rings. The second-order valence-corrected chi connectivity index (χ2v) is 3.57. The van der Waals surface area contributed by atoms with Gasteiger partial charge in [-0.3, -0.25) is 0 Å². The van der Waals surface area contributed by atoms with Crippen molar-refractivity contribution in [1.82, 2.24) is 5.32 Å². The van der Waals surface area contributed by atoms with Gasteiger partial charge in [0.05, 0.1) is 17.5 Å². The smallest absolute Gasteiger partial charge is 0.0991 e. The highest BCUT2D eigenvalue weighted by Gasteiger charge is 1.95. The molecule has 0 aliphatic carbocycles. The SMILES string of the molecule is C=C(NCCCC)Nc1ccc(C#N)cc1. The van der Waals surface area contributed by atoms with Gasteiger partial charge in [0.15, 0.2) is 0 Å². The van der Waals surface area contributed by atoms with Gasteiger partial charge in [-0.1, -0.05) is 19.9 Å². The molecule has 0 radical (unpaired) electrons. The molecule has 0 saturated heterocycles. The van der Waals surface area contributed by atoms with E-state index in [2.05, 4.69) is 30.2 Å². The molecule has 84 valence electrons. The molecular weight excluding hydrogens is 198 g/mol. The van der Waals surface area contributed by atoms with Gasteiger partial charge in [-0.05, 0) is 30.7 Å². The molecule has 0 aliphatic rings. The van der Waals surface area contributed by atoms with Gasteiger partial charge in [0, 0.05) is 12.2 Å². The van der Waals surface area contributed by atoms with E-state index in [4.69, 9.17) is 5.26 Å². The van der Waals surface area contributed by atoms with Crippen molar-refractivity contribution in [2.24, 2.45) is 0 Å². The van der Waals surface area contributed by atoms with Crippen LogP contribution in [0.5, 0.6) is 0 Å². The number of hydrogen-bond acceptors (Lipinski definition) is 3. The van der Waals surface area contributed by atoms with Gasteiger partial charge in [0.2, 0.25) is 0 Å². The Kier molecular flexibility index (Phi) is 4.94. The Morgan fingerprint density at radius 2 is 2.06 bits per heavy atom. The van der Waals surface area contributed by atoms with Gasteiger partial charge in [0.1, 0.15) is 0 Å². The van der Waals surface area contributed by atoms with E-state index in [9.17, 15) is 0 Å². The largest absolute Gasteiger partial charge is 0.372 e. The van der Waals surface area contributed by atoms with E-state index in [-0.39, 0.29) is 0 Å². The topological polar surface area (TPSA) is 47.8 Å². The molecule has 3 heteroatoms. The molecule has 0 aliphatic heterocycles. The molecule has 1 rings (SSSR count). The summed E-state index contributed by atoms with van der Waals surface area (Å²) in [4.78, 5) is 0. The Labute approximate surface area is 96.8 Å². The summed E-state index contributed by atoms with van der Waals surface area (Å²) in [6, 6.07) is 9.38. The molecule has 16 heavy (non-hydrogen) atoms. The Balaban J connectivity index is 2.41. The normalized spacial score (nSPS) is 9.25. The molecule has 3 nitrogen and oxygen atoms in total. The van der Waals surface area contributed by atoms with Crippen LogP contribution in [-0.2, 0) is 0 Å². The molecule has 2 N–H and O–H groups in total. The Bertz CT molecular complexity index is 373. The van der Waals surface area contributed by atoms with Gasteiger partial charge in [-0.25, -0.2) is 0 Å². The molecule has 0 bridgehead atoms. The fourth-order valence-electron chi connectivity index (χ4n) is 1.26.